The van der Waals surface area contributed by atoms with E-state index in [9.17, 15) is 4.79 Å². The largest absolute Gasteiger partial charge is 0.352 e. The first-order valence-corrected chi connectivity index (χ1v) is 7.75. The number of nitrogens with zero attached hydrogens (tertiary/aromatic N) is 9. The van der Waals surface area contributed by atoms with E-state index in [2.05, 4.69) is 25.3 Å². The van der Waals surface area contributed by atoms with Crippen molar-refractivity contribution in [2.75, 3.05) is 11.9 Å². The summed E-state index contributed by atoms with van der Waals surface area (Å²) in [5, 5.41) is 12.6. The summed E-state index contributed by atoms with van der Waals surface area (Å²) >= 11 is 0. The van der Waals surface area contributed by atoms with E-state index in [4.69, 9.17) is 0 Å². The number of hydrogen-bond donors (Lipinski definition) is 0. The minimum Gasteiger partial charge on any atom is -0.352 e. The Bertz CT molecular complexity index is 1150. The van der Waals surface area contributed by atoms with E-state index in [1.54, 1.807) is 28.4 Å². The lowest BCUT2D eigenvalue weighted by Crippen LogP contribution is -2.23. The SMILES string of the molecule is Cc1cc(N(C)Cc2nnc3c(=O)n(C)ccn23)n2nc(C)nc2n1. The Labute approximate surface area is 142 Å². The maximum atomic E-state index is 12.1. The van der Waals surface area contributed by atoms with Gasteiger partial charge in [0, 0.05) is 38.2 Å². The normalized spacial score (nSPS) is 11.5. The van der Waals surface area contributed by atoms with Crippen molar-refractivity contribution in [3.05, 3.63) is 46.2 Å². The molecule has 128 valence electrons. The van der Waals surface area contributed by atoms with Crippen LogP contribution in [0.5, 0.6) is 0 Å². The molecule has 0 unspecified atom stereocenters. The Kier molecular flexibility index (Phi) is 3.27. The Morgan fingerprint density at radius 1 is 1.16 bits per heavy atom. The van der Waals surface area contributed by atoms with Gasteiger partial charge in [-0.2, -0.15) is 9.50 Å². The molecular weight excluding hydrogens is 322 g/mol. The molecule has 0 aliphatic heterocycles. The van der Waals surface area contributed by atoms with Crippen LogP contribution >= 0.6 is 0 Å². The highest BCUT2D eigenvalue weighted by atomic mass is 16.1. The van der Waals surface area contributed by atoms with Crippen molar-refractivity contribution in [2.24, 2.45) is 7.05 Å². The summed E-state index contributed by atoms with van der Waals surface area (Å²) in [6.07, 6.45) is 3.48. The summed E-state index contributed by atoms with van der Waals surface area (Å²) in [5.41, 5.74) is 0.973. The first kappa shape index (κ1) is 15.2. The first-order chi connectivity index (χ1) is 11.9. The summed E-state index contributed by atoms with van der Waals surface area (Å²) in [5.74, 6) is 2.71. The number of rotatable bonds is 3. The standard InChI is InChI=1S/C15H17N9O/c1-9-7-12(24-15(16-9)17-10(2)20-24)22(4)8-11-18-19-13-14(25)21(3)5-6-23(11)13/h5-7H,8H2,1-4H3. The molecule has 10 heteroatoms. The number of hydrogen-bond acceptors (Lipinski definition) is 7. The molecule has 0 aliphatic carbocycles. The summed E-state index contributed by atoms with van der Waals surface area (Å²) < 4.78 is 4.88. The minimum absolute atomic E-state index is 0.182. The Morgan fingerprint density at radius 2 is 1.96 bits per heavy atom. The molecule has 0 aromatic carbocycles. The molecule has 0 radical (unpaired) electrons. The molecule has 0 spiro atoms. The predicted molar refractivity (Wildman–Crippen MR) is 90.6 cm³/mol. The lowest BCUT2D eigenvalue weighted by molar-refractivity contribution is 0.770. The smallest absolute Gasteiger partial charge is 0.295 e. The molecule has 4 aromatic rings. The first-order valence-electron chi connectivity index (χ1n) is 7.75. The van der Waals surface area contributed by atoms with Crippen molar-refractivity contribution in [2.45, 2.75) is 20.4 Å². The molecule has 0 saturated carbocycles. The number of aromatic nitrogens is 8. The van der Waals surface area contributed by atoms with Crippen LogP contribution in [0, 0.1) is 13.8 Å². The van der Waals surface area contributed by atoms with Crippen LogP contribution in [0.1, 0.15) is 17.3 Å². The maximum absolute atomic E-state index is 12.1. The Morgan fingerprint density at radius 3 is 2.76 bits per heavy atom. The van der Waals surface area contributed by atoms with Gasteiger partial charge >= 0.3 is 0 Å². The van der Waals surface area contributed by atoms with Crippen LogP contribution in [-0.2, 0) is 13.6 Å². The van der Waals surface area contributed by atoms with E-state index in [0.717, 1.165) is 11.5 Å². The van der Waals surface area contributed by atoms with Gasteiger partial charge < -0.3 is 9.47 Å². The molecule has 0 amide bonds. The summed E-state index contributed by atoms with van der Waals surface area (Å²) in [7, 11) is 3.61. The lowest BCUT2D eigenvalue weighted by atomic mass is 10.4. The van der Waals surface area contributed by atoms with Gasteiger partial charge in [0.15, 0.2) is 5.82 Å². The molecule has 0 atom stereocenters. The van der Waals surface area contributed by atoms with Crippen molar-refractivity contribution in [1.29, 1.82) is 0 Å². The van der Waals surface area contributed by atoms with Crippen LogP contribution in [0.3, 0.4) is 0 Å². The highest BCUT2D eigenvalue weighted by molar-refractivity contribution is 5.47. The molecule has 0 bridgehead atoms. The Hall–Kier alpha value is -3.30. The molecule has 4 aromatic heterocycles. The quantitative estimate of drug-likeness (QED) is 0.523. The maximum Gasteiger partial charge on any atom is 0.295 e. The molecule has 4 heterocycles. The fourth-order valence-corrected chi connectivity index (χ4v) is 2.76. The van der Waals surface area contributed by atoms with E-state index in [0.29, 0.717) is 29.6 Å². The minimum atomic E-state index is -0.182. The topological polar surface area (TPSA) is 98.5 Å². The van der Waals surface area contributed by atoms with Crippen molar-refractivity contribution < 1.29 is 0 Å². The van der Waals surface area contributed by atoms with Gasteiger partial charge in [-0.15, -0.1) is 15.3 Å². The summed E-state index contributed by atoms with van der Waals surface area (Å²) in [4.78, 5) is 22.8. The molecule has 0 saturated heterocycles. The summed E-state index contributed by atoms with van der Waals surface area (Å²) in [6, 6.07) is 1.93. The number of fused-ring (bicyclic) bond motifs is 2. The number of anilines is 1. The van der Waals surface area contributed by atoms with Gasteiger partial charge in [0.1, 0.15) is 11.6 Å². The van der Waals surface area contributed by atoms with E-state index in [-0.39, 0.29) is 5.56 Å². The van der Waals surface area contributed by atoms with E-state index < -0.39 is 0 Å². The average Bonchev–Trinajstić information content (AvgIpc) is 3.13. The highest BCUT2D eigenvalue weighted by Gasteiger charge is 2.15. The van der Waals surface area contributed by atoms with Gasteiger partial charge in [0.25, 0.3) is 11.3 Å². The zero-order valence-corrected chi connectivity index (χ0v) is 14.4. The Balaban J connectivity index is 1.77. The molecule has 0 fully saturated rings. The van der Waals surface area contributed by atoms with Gasteiger partial charge in [0.05, 0.1) is 6.54 Å². The third kappa shape index (κ3) is 2.42. The van der Waals surface area contributed by atoms with Crippen molar-refractivity contribution in [3.63, 3.8) is 0 Å². The van der Waals surface area contributed by atoms with E-state index in [1.807, 2.05) is 31.9 Å². The third-order valence-electron chi connectivity index (χ3n) is 4.01. The zero-order chi connectivity index (χ0) is 17.7. The van der Waals surface area contributed by atoms with Crippen LogP contribution in [0.15, 0.2) is 23.3 Å². The van der Waals surface area contributed by atoms with Gasteiger partial charge in [-0.05, 0) is 13.8 Å². The van der Waals surface area contributed by atoms with Crippen LogP contribution < -0.4 is 10.5 Å². The van der Waals surface area contributed by atoms with E-state index >= 15 is 0 Å². The molecule has 25 heavy (non-hydrogen) atoms. The molecule has 4 rings (SSSR count). The predicted octanol–water partition coefficient (Wildman–Crippen LogP) is 0.119. The third-order valence-corrected chi connectivity index (χ3v) is 4.01. The second-order valence-corrected chi connectivity index (χ2v) is 6.01. The van der Waals surface area contributed by atoms with Crippen molar-refractivity contribution in [1.82, 2.24) is 38.7 Å². The fourth-order valence-electron chi connectivity index (χ4n) is 2.76. The van der Waals surface area contributed by atoms with E-state index in [1.165, 1.54) is 4.57 Å². The van der Waals surface area contributed by atoms with Crippen LogP contribution in [0.2, 0.25) is 0 Å². The van der Waals surface area contributed by atoms with Gasteiger partial charge in [0.2, 0.25) is 5.65 Å². The van der Waals surface area contributed by atoms with Crippen LogP contribution in [-0.4, -0.2) is 45.8 Å². The highest BCUT2D eigenvalue weighted by Crippen LogP contribution is 2.17. The monoisotopic (exact) mass is 339 g/mol. The van der Waals surface area contributed by atoms with Gasteiger partial charge in [-0.1, -0.05) is 0 Å². The molecule has 0 aliphatic rings. The average molecular weight is 339 g/mol. The molecule has 0 N–H and O–H groups in total. The molecular formula is C15H17N9O. The molecule has 10 nitrogen and oxygen atoms in total. The fraction of sp³-hybridized carbons (Fsp3) is 0.333. The van der Waals surface area contributed by atoms with Gasteiger partial charge in [-0.3, -0.25) is 9.20 Å². The van der Waals surface area contributed by atoms with Crippen molar-refractivity contribution >= 4 is 17.2 Å². The zero-order valence-electron chi connectivity index (χ0n) is 14.4. The van der Waals surface area contributed by atoms with Crippen LogP contribution in [0.4, 0.5) is 5.82 Å². The second kappa shape index (κ2) is 5.36. The van der Waals surface area contributed by atoms with Crippen molar-refractivity contribution in [3.8, 4) is 0 Å². The van der Waals surface area contributed by atoms with Crippen LogP contribution in [0.25, 0.3) is 11.4 Å². The number of aryl methyl sites for hydroxylation is 3. The summed E-state index contributed by atoms with van der Waals surface area (Å²) in [6.45, 7) is 4.19. The van der Waals surface area contributed by atoms with Gasteiger partial charge in [-0.25, -0.2) is 4.98 Å². The lowest BCUT2D eigenvalue weighted by Gasteiger charge is -2.19. The second-order valence-electron chi connectivity index (χ2n) is 6.01.